The normalized spacial score (nSPS) is 20.8. The van der Waals surface area contributed by atoms with Crippen LogP contribution in [0.15, 0.2) is 23.2 Å². The Labute approximate surface area is 200 Å². The summed E-state index contributed by atoms with van der Waals surface area (Å²) in [6.45, 7) is 5.41. The second-order valence-electron chi connectivity index (χ2n) is 7.55. The van der Waals surface area contributed by atoms with Crippen LogP contribution < -0.4 is 0 Å². The van der Waals surface area contributed by atoms with Gasteiger partial charge in [0.15, 0.2) is 0 Å². The van der Waals surface area contributed by atoms with Gasteiger partial charge >= 0.3 is 7.82 Å². The maximum atomic E-state index is 12.4. The Morgan fingerprint density at radius 3 is 1.77 bits per heavy atom. The number of alkyl halides is 3. The molecular formula is C17H23Br3N3O6P. The number of rotatable bonds is 9. The van der Waals surface area contributed by atoms with Crippen molar-refractivity contribution in [1.82, 2.24) is 14.7 Å². The highest BCUT2D eigenvalue weighted by Gasteiger charge is 2.43. The van der Waals surface area contributed by atoms with Crippen molar-refractivity contribution in [2.45, 2.75) is 0 Å². The van der Waals surface area contributed by atoms with Gasteiger partial charge in [0.25, 0.3) is 0 Å². The molecule has 30 heavy (non-hydrogen) atoms. The van der Waals surface area contributed by atoms with Crippen molar-refractivity contribution in [2.75, 3.05) is 61.9 Å². The fourth-order valence-electron chi connectivity index (χ4n) is 2.72. The molecule has 0 atom stereocenters. The van der Waals surface area contributed by atoms with Gasteiger partial charge in [0.2, 0.25) is 11.6 Å². The van der Waals surface area contributed by atoms with Gasteiger partial charge in [-0.3, -0.25) is 14.1 Å². The molecule has 3 saturated heterocycles. The van der Waals surface area contributed by atoms with E-state index >= 15 is 0 Å². The van der Waals surface area contributed by atoms with Crippen molar-refractivity contribution in [3.8, 4) is 0 Å². The Morgan fingerprint density at radius 1 is 0.900 bits per heavy atom. The molecule has 13 heteroatoms. The molecule has 1 aliphatic carbocycles. The highest BCUT2D eigenvalue weighted by Crippen LogP contribution is 2.39. The fourth-order valence-corrected chi connectivity index (χ4v) is 6.43. The van der Waals surface area contributed by atoms with Gasteiger partial charge in [-0.05, 0) is 0 Å². The number of nitrogens with zero attached hydrogens (tertiary/aromatic N) is 3. The summed E-state index contributed by atoms with van der Waals surface area (Å²) in [5.41, 5.74) is 1.55. The summed E-state index contributed by atoms with van der Waals surface area (Å²) < 4.78 is 14.9. The zero-order valence-corrected chi connectivity index (χ0v) is 21.8. The number of carbonyl (C=O) groups is 2. The van der Waals surface area contributed by atoms with E-state index in [9.17, 15) is 14.2 Å². The van der Waals surface area contributed by atoms with E-state index in [1.165, 1.54) is 6.08 Å². The molecule has 0 aromatic rings. The third-order valence-electron chi connectivity index (χ3n) is 4.88. The van der Waals surface area contributed by atoms with E-state index in [-0.39, 0.29) is 23.6 Å². The van der Waals surface area contributed by atoms with Gasteiger partial charge in [-0.15, -0.1) is 0 Å². The van der Waals surface area contributed by atoms with Crippen LogP contribution in [-0.4, -0.2) is 97.9 Å². The van der Waals surface area contributed by atoms with Crippen molar-refractivity contribution >= 4 is 67.2 Å². The highest BCUT2D eigenvalue weighted by atomic mass is 79.9. The summed E-state index contributed by atoms with van der Waals surface area (Å²) in [5, 5.41) is 1.78. The monoisotopic (exact) mass is 633 g/mol. The number of ketones is 2. The summed E-state index contributed by atoms with van der Waals surface area (Å²) in [6, 6.07) is 0. The van der Waals surface area contributed by atoms with Crippen LogP contribution in [-0.2, 0) is 18.7 Å². The minimum absolute atomic E-state index is 0.000965. The number of Topliss-reactive ketones (excluding diaryl/α,β-unsaturated/α-hetero) is 1. The summed E-state index contributed by atoms with van der Waals surface area (Å²) >= 11 is 9.80. The first-order valence-electron chi connectivity index (χ1n) is 9.32. The van der Waals surface area contributed by atoms with Crippen LogP contribution in [0.1, 0.15) is 0 Å². The molecule has 0 unspecified atom stereocenters. The third-order valence-corrected chi connectivity index (χ3v) is 8.91. The van der Waals surface area contributed by atoms with Crippen LogP contribution in [0.5, 0.6) is 0 Å². The summed E-state index contributed by atoms with van der Waals surface area (Å²) in [4.78, 5) is 47.5. The number of allylic oxidation sites excluding steroid dienone is 1. The molecule has 168 valence electrons. The first kappa shape index (κ1) is 24.4. The molecule has 0 aromatic heterocycles. The van der Waals surface area contributed by atoms with Gasteiger partial charge in [0, 0.05) is 66.7 Å². The maximum absolute atomic E-state index is 12.4. The Balaban J connectivity index is 0.000000180. The first-order valence-corrected chi connectivity index (χ1v) is 14.2. The minimum Gasteiger partial charge on any atom is -0.365 e. The van der Waals surface area contributed by atoms with Gasteiger partial charge in [0.1, 0.15) is 11.4 Å². The maximum Gasteiger partial charge on any atom is 0.469 e. The van der Waals surface area contributed by atoms with Crippen LogP contribution in [0.3, 0.4) is 0 Å². The first-order chi connectivity index (χ1) is 14.1. The molecule has 3 fully saturated rings. The second-order valence-corrected chi connectivity index (χ2v) is 10.5. The lowest BCUT2D eigenvalue weighted by atomic mass is 9.98. The van der Waals surface area contributed by atoms with Gasteiger partial charge in [0.05, 0.1) is 12.3 Å². The van der Waals surface area contributed by atoms with Crippen molar-refractivity contribution < 1.29 is 28.5 Å². The van der Waals surface area contributed by atoms with Gasteiger partial charge in [-0.1, -0.05) is 47.8 Å². The van der Waals surface area contributed by atoms with Crippen LogP contribution in [0.25, 0.3) is 0 Å². The van der Waals surface area contributed by atoms with Gasteiger partial charge in [-0.2, -0.15) is 0 Å². The Bertz CT molecular complexity index is 805. The van der Waals surface area contributed by atoms with E-state index < -0.39 is 7.82 Å². The molecule has 9 nitrogen and oxygen atoms in total. The van der Waals surface area contributed by atoms with Crippen LogP contribution in [0.4, 0.5) is 0 Å². The van der Waals surface area contributed by atoms with Crippen molar-refractivity contribution in [1.29, 1.82) is 0 Å². The van der Waals surface area contributed by atoms with Gasteiger partial charge in [-0.25, -0.2) is 4.57 Å². The van der Waals surface area contributed by atoms with Crippen molar-refractivity contribution in [3.05, 3.63) is 23.2 Å². The van der Waals surface area contributed by atoms with Crippen LogP contribution in [0, 0.1) is 5.41 Å². The molecular weight excluding hydrogens is 613 g/mol. The van der Waals surface area contributed by atoms with Crippen LogP contribution in [0.2, 0.25) is 0 Å². The molecule has 4 rings (SSSR count). The predicted octanol–water partition coefficient (Wildman–Crippen LogP) is 1.45. The minimum atomic E-state index is -4.36. The number of hydrogen-bond donors (Lipinski definition) is 2. The molecule has 0 saturated carbocycles. The number of phosphoric ester groups is 1. The molecule has 3 heterocycles. The van der Waals surface area contributed by atoms with Crippen LogP contribution >= 0.6 is 55.6 Å². The zero-order valence-electron chi connectivity index (χ0n) is 16.1. The van der Waals surface area contributed by atoms with Gasteiger partial charge < -0.3 is 24.5 Å². The smallest absolute Gasteiger partial charge is 0.365 e. The third kappa shape index (κ3) is 6.17. The molecule has 2 N–H and O–H groups in total. The average Bonchev–Trinajstić information content (AvgIpc) is 3.57. The standard InChI is InChI=1S/C12H13N3O2.C5H10Br3O4P/c16-9-7-8(13-1-2-13)12(17)11(15-5-6-15)10(9)14-3-4-14;6-1-5(2-7,3-8)4-12-13(9,10)11/h7H,1-6H2;1-4H2,(H2,9,10,11). The topological polar surface area (TPSA) is 110 Å². The molecule has 0 bridgehead atoms. The molecule has 0 amide bonds. The summed E-state index contributed by atoms with van der Waals surface area (Å²) in [6.07, 6.45) is 1.52. The quantitative estimate of drug-likeness (QED) is 0.168. The Hall–Kier alpha value is -0.230. The second kappa shape index (κ2) is 9.72. The summed E-state index contributed by atoms with van der Waals surface area (Å²) in [5.74, 6) is 0.0485. The number of hydrogen-bond acceptors (Lipinski definition) is 7. The molecule has 3 aliphatic heterocycles. The molecule has 0 spiro atoms. The zero-order chi connectivity index (χ0) is 22.1. The number of phosphoric acid groups is 1. The van der Waals surface area contributed by atoms with Crippen molar-refractivity contribution in [3.63, 3.8) is 0 Å². The highest BCUT2D eigenvalue weighted by molar-refractivity contribution is 9.10. The number of halogens is 3. The fraction of sp³-hybridized carbons (Fsp3) is 0.647. The van der Waals surface area contributed by atoms with E-state index in [1.54, 1.807) is 0 Å². The summed E-state index contributed by atoms with van der Waals surface area (Å²) in [7, 11) is -4.36. The molecule has 0 aromatic carbocycles. The van der Waals surface area contributed by atoms with Crippen molar-refractivity contribution in [2.24, 2.45) is 5.41 Å². The van der Waals surface area contributed by atoms with E-state index in [0.717, 1.165) is 39.3 Å². The average molecular weight is 636 g/mol. The lowest BCUT2D eigenvalue weighted by molar-refractivity contribution is -0.117. The predicted molar refractivity (Wildman–Crippen MR) is 122 cm³/mol. The SMILES string of the molecule is O=C1C=C(N2CC2)C(=O)C(N2CC2)=C1N1CC1.O=P(O)(O)OCC(CBr)(CBr)CBr. The lowest BCUT2D eigenvalue weighted by Crippen LogP contribution is -2.32. The molecule has 0 radical (unpaired) electrons. The Morgan fingerprint density at radius 2 is 1.37 bits per heavy atom. The van der Waals surface area contributed by atoms with E-state index in [0.29, 0.717) is 33.1 Å². The number of carbonyl (C=O) groups excluding carboxylic acids is 2. The van der Waals surface area contributed by atoms with E-state index in [4.69, 9.17) is 9.79 Å². The largest absolute Gasteiger partial charge is 0.469 e. The van der Waals surface area contributed by atoms with E-state index in [2.05, 4.69) is 52.3 Å². The molecule has 4 aliphatic rings. The Kier molecular flexibility index (Phi) is 7.91. The lowest BCUT2D eigenvalue weighted by Gasteiger charge is -2.26. The van der Waals surface area contributed by atoms with E-state index in [1.807, 2.05) is 14.7 Å².